The van der Waals surface area contributed by atoms with Gasteiger partial charge < -0.3 is 9.64 Å². The zero-order chi connectivity index (χ0) is 14.2. The third kappa shape index (κ3) is 2.50. The molecule has 1 heterocycles. The predicted octanol–water partition coefficient (Wildman–Crippen LogP) is 1.31. The van der Waals surface area contributed by atoms with Gasteiger partial charge in [-0.15, -0.1) is 0 Å². The van der Waals surface area contributed by atoms with Gasteiger partial charge >= 0.3 is 0 Å². The summed E-state index contributed by atoms with van der Waals surface area (Å²) in [7, 11) is -1.38. The van der Waals surface area contributed by atoms with Crippen LogP contribution in [0.15, 0.2) is 24.3 Å². The lowest BCUT2D eigenvalue weighted by molar-refractivity contribution is 0.377. The second-order valence-electron chi connectivity index (χ2n) is 5.30. The van der Waals surface area contributed by atoms with Crippen molar-refractivity contribution in [2.24, 2.45) is 0 Å². The maximum atomic E-state index is 12.2. The molecule has 1 aliphatic heterocycles. The molecule has 1 saturated heterocycles. The molecular formula is C14H20N2O3S. The molecule has 1 aliphatic carbocycles. The van der Waals surface area contributed by atoms with Gasteiger partial charge in [0.1, 0.15) is 5.75 Å². The Hall–Kier alpha value is -1.27. The smallest absolute Gasteiger partial charge is 0.217 e. The molecule has 2 fully saturated rings. The molecule has 1 saturated carbocycles. The Morgan fingerprint density at radius 3 is 2.35 bits per heavy atom. The average molecular weight is 296 g/mol. The van der Waals surface area contributed by atoms with Gasteiger partial charge in [-0.1, -0.05) is 12.1 Å². The fraction of sp³-hybridized carbons (Fsp3) is 0.571. The van der Waals surface area contributed by atoms with E-state index >= 15 is 0 Å². The van der Waals surface area contributed by atoms with Crippen molar-refractivity contribution in [2.45, 2.75) is 18.1 Å². The van der Waals surface area contributed by atoms with Gasteiger partial charge in [-0.25, -0.2) is 8.42 Å². The molecule has 2 aliphatic rings. The van der Waals surface area contributed by atoms with Gasteiger partial charge in [0.05, 0.1) is 18.0 Å². The van der Waals surface area contributed by atoms with Crippen LogP contribution in [0.3, 0.4) is 0 Å². The number of anilines is 1. The average Bonchev–Trinajstić information content (AvgIpc) is 3.32. The summed E-state index contributed by atoms with van der Waals surface area (Å²) in [6, 6.07) is 7.87. The van der Waals surface area contributed by atoms with E-state index in [-0.39, 0.29) is 5.25 Å². The van der Waals surface area contributed by atoms with Crippen LogP contribution in [0.25, 0.3) is 0 Å². The van der Waals surface area contributed by atoms with Crippen molar-refractivity contribution in [1.29, 1.82) is 0 Å². The van der Waals surface area contributed by atoms with Gasteiger partial charge in [0.25, 0.3) is 0 Å². The molecule has 0 atom stereocenters. The Balaban J connectivity index is 1.69. The number of rotatable bonds is 4. The van der Waals surface area contributed by atoms with Crippen LogP contribution in [0.2, 0.25) is 0 Å². The number of ether oxygens (including phenoxy) is 1. The summed E-state index contributed by atoms with van der Waals surface area (Å²) < 4.78 is 31.4. The van der Waals surface area contributed by atoms with E-state index in [1.54, 1.807) is 11.4 Å². The molecule has 0 radical (unpaired) electrons. The number of sulfonamides is 1. The summed E-state index contributed by atoms with van der Waals surface area (Å²) >= 11 is 0. The van der Waals surface area contributed by atoms with Gasteiger partial charge in [-0.05, 0) is 25.0 Å². The van der Waals surface area contributed by atoms with Crippen LogP contribution < -0.4 is 9.64 Å². The van der Waals surface area contributed by atoms with Crippen LogP contribution in [-0.2, 0) is 10.0 Å². The van der Waals surface area contributed by atoms with E-state index in [0.29, 0.717) is 26.2 Å². The van der Waals surface area contributed by atoms with E-state index in [4.69, 9.17) is 4.74 Å². The Labute approximate surface area is 120 Å². The molecule has 0 bridgehead atoms. The molecule has 1 aromatic rings. The number of benzene rings is 1. The van der Waals surface area contributed by atoms with E-state index in [0.717, 1.165) is 24.3 Å². The zero-order valence-electron chi connectivity index (χ0n) is 11.7. The first-order chi connectivity index (χ1) is 9.63. The second kappa shape index (κ2) is 5.26. The first-order valence-electron chi connectivity index (χ1n) is 7.00. The quantitative estimate of drug-likeness (QED) is 0.840. The van der Waals surface area contributed by atoms with E-state index < -0.39 is 10.0 Å². The van der Waals surface area contributed by atoms with Crippen LogP contribution in [0.5, 0.6) is 5.75 Å². The number of nitrogens with zero attached hydrogens (tertiary/aromatic N) is 2. The summed E-state index contributed by atoms with van der Waals surface area (Å²) in [6.07, 6.45) is 1.66. The molecule has 0 N–H and O–H groups in total. The van der Waals surface area contributed by atoms with E-state index in [1.165, 1.54) is 0 Å². The van der Waals surface area contributed by atoms with Crippen LogP contribution in [0.4, 0.5) is 5.69 Å². The largest absolute Gasteiger partial charge is 0.495 e. The molecule has 6 heteroatoms. The van der Waals surface area contributed by atoms with Crippen molar-refractivity contribution in [3.05, 3.63) is 24.3 Å². The van der Waals surface area contributed by atoms with Crippen molar-refractivity contribution in [3.63, 3.8) is 0 Å². The first-order valence-corrected chi connectivity index (χ1v) is 8.50. The lowest BCUT2D eigenvalue weighted by Gasteiger charge is -2.36. The molecule has 0 unspecified atom stereocenters. The minimum absolute atomic E-state index is 0.111. The molecule has 1 aromatic carbocycles. The summed E-state index contributed by atoms with van der Waals surface area (Å²) in [6.45, 7) is 2.56. The Morgan fingerprint density at radius 2 is 1.75 bits per heavy atom. The van der Waals surface area contributed by atoms with E-state index in [1.807, 2.05) is 24.3 Å². The summed E-state index contributed by atoms with van der Waals surface area (Å²) in [4.78, 5) is 2.19. The van der Waals surface area contributed by atoms with Crippen molar-refractivity contribution < 1.29 is 13.2 Å². The molecular weight excluding hydrogens is 276 g/mol. The summed E-state index contributed by atoms with van der Waals surface area (Å²) in [5.41, 5.74) is 1.04. The standard InChI is InChI=1S/C14H20N2O3S/c1-19-14-5-3-2-4-13(14)15-8-10-16(11-9-15)20(17,18)12-6-7-12/h2-5,12H,6-11H2,1H3. The van der Waals surface area contributed by atoms with Gasteiger partial charge in [-0.2, -0.15) is 4.31 Å². The number of methoxy groups -OCH3 is 1. The number of hydrogen-bond donors (Lipinski definition) is 0. The van der Waals surface area contributed by atoms with Gasteiger partial charge in [-0.3, -0.25) is 0 Å². The first kappa shape index (κ1) is 13.7. The highest BCUT2D eigenvalue weighted by atomic mass is 32.2. The van der Waals surface area contributed by atoms with Gasteiger partial charge in [0.2, 0.25) is 10.0 Å². The molecule has 5 nitrogen and oxygen atoms in total. The van der Waals surface area contributed by atoms with Gasteiger partial charge in [0.15, 0.2) is 0 Å². The minimum atomic E-state index is -3.03. The van der Waals surface area contributed by atoms with Crippen LogP contribution in [0, 0.1) is 0 Å². The highest BCUT2D eigenvalue weighted by Gasteiger charge is 2.41. The molecule has 3 rings (SSSR count). The third-order valence-electron chi connectivity index (χ3n) is 3.97. The molecule has 0 aromatic heterocycles. The van der Waals surface area contributed by atoms with Crippen LogP contribution in [-0.4, -0.2) is 51.3 Å². The Morgan fingerprint density at radius 1 is 1.10 bits per heavy atom. The topological polar surface area (TPSA) is 49.9 Å². The molecule has 0 amide bonds. The third-order valence-corrected chi connectivity index (χ3v) is 6.37. The minimum Gasteiger partial charge on any atom is -0.495 e. The lowest BCUT2D eigenvalue weighted by atomic mass is 10.2. The van der Waals surface area contributed by atoms with Crippen molar-refractivity contribution in [2.75, 3.05) is 38.2 Å². The lowest BCUT2D eigenvalue weighted by Crippen LogP contribution is -2.49. The Bertz CT molecular complexity index is 576. The molecule has 20 heavy (non-hydrogen) atoms. The highest BCUT2D eigenvalue weighted by Crippen LogP contribution is 2.33. The fourth-order valence-electron chi connectivity index (χ4n) is 2.65. The van der Waals surface area contributed by atoms with Gasteiger partial charge in [0, 0.05) is 26.2 Å². The van der Waals surface area contributed by atoms with Crippen molar-refractivity contribution in [3.8, 4) is 5.75 Å². The highest BCUT2D eigenvalue weighted by molar-refractivity contribution is 7.90. The number of hydrogen-bond acceptors (Lipinski definition) is 4. The van der Waals surface area contributed by atoms with Crippen LogP contribution in [0.1, 0.15) is 12.8 Å². The summed E-state index contributed by atoms with van der Waals surface area (Å²) in [5.74, 6) is 0.839. The molecule has 110 valence electrons. The van der Waals surface area contributed by atoms with E-state index in [9.17, 15) is 8.42 Å². The normalized spacial score (nSPS) is 20.9. The van der Waals surface area contributed by atoms with Crippen molar-refractivity contribution in [1.82, 2.24) is 4.31 Å². The Kier molecular flexibility index (Phi) is 3.60. The maximum absolute atomic E-state index is 12.2. The fourth-order valence-corrected chi connectivity index (χ4v) is 4.48. The second-order valence-corrected chi connectivity index (χ2v) is 7.52. The van der Waals surface area contributed by atoms with E-state index in [2.05, 4.69) is 4.90 Å². The number of para-hydroxylation sites is 2. The SMILES string of the molecule is COc1ccccc1N1CCN(S(=O)(=O)C2CC2)CC1. The number of piperazine rings is 1. The van der Waals surface area contributed by atoms with Crippen LogP contribution >= 0.6 is 0 Å². The monoisotopic (exact) mass is 296 g/mol. The van der Waals surface area contributed by atoms with Crippen molar-refractivity contribution >= 4 is 15.7 Å². The maximum Gasteiger partial charge on any atom is 0.217 e. The summed E-state index contributed by atoms with van der Waals surface area (Å²) in [5, 5.41) is -0.111. The molecule has 0 spiro atoms. The predicted molar refractivity (Wildman–Crippen MR) is 78.7 cm³/mol. The zero-order valence-corrected chi connectivity index (χ0v) is 12.5.